The van der Waals surface area contributed by atoms with Crippen molar-refractivity contribution in [3.05, 3.63) is 57.7 Å². The van der Waals surface area contributed by atoms with Gasteiger partial charge in [0, 0.05) is 27.5 Å². The summed E-state index contributed by atoms with van der Waals surface area (Å²) in [7, 11) is 0. The highest BCUT2D eigenvalue weighted by Crippen LogP contribution is 2.38. The molecule has 2 heterocycles. The lowest BCUT2D eigenvalue weighted by Gasteiger charge is -2.07. The van der Waals surface area contributed by atoms with Gasteiger partial charge in [-0.3, -0.25) is 0 Å². The molecule has 0 atom stereocenters. The second-order valence-corrected chi connectivity index (χ2v) is 6.10. The molecule has 0 bridgehead atoms. The van der Waals surface area contributed by atoms with Crippen molar-refractivity contribution >= 4 is 26.8 Å². The summed E-state index contributed by atoms with van der Waals surface area (Å²) >= 11 is 3.64. The number of rotatable bonds is 2. The summed E-state index contributed by atoms with van der Waals surface area (Å²) in [6.45, 7) is 2.42. The van der Waals surface area contributed by atoms with E-state index < -0.39 is 0 Å². The average molecular weight is 344 g/mol. The number of benzene rings is 2. The van der Waals surface area contributed by atoms with Crippen LogP contribution in [0.2, 0.25) is 0 Å². The van der Waals surface area contributed by atoms with Crippen molar-refractivity contribution < 1.29 is 9.47 Å². The number of para-hydroxylation sites is 1. The predicted octanol–water partition coefficient (Wildman–Crippen LogP) is 4.56. The summed E-state index contributed by atoms with van der Waals surface area (Å²) < 4.78 is 11.9. The van der Waals surface area contributed by atoms with Crippen LogP contribution in [0.3, 0.4) is 0 Å². The van der Waals surface area contributed by atoms with Crippen LogP contribution in [0.5, 0.6) is 11.5 Å². The van der Waals surface area contributed by atoms with Crippen molar-refractivity contribution in [2.75, 3.05) is 6.79 Å². The van der Waals surface area contributed by atoms with Gasteiger partial charge in [-0.25, -0.2) is 0 Å². The van der Waals surface area contributed by atoms with Gasteiger partial charge in [0.1, 0.15) is 0 Å². The van der Waals surface area contributed by atoms with E-state index in [0.717, 1.165) is 22.4 Å². The highest BCUT2D eigenvalue weighted by molar-refractivity contribution is 9.10. The van der Waals surface area contributed by atoms with Crippen LogP contribution in [-0.4, -0.2) is 11.8 Å². The molecule has 0 unspecified atom stereocenters. The molecule has 4 rings (SSSR count). The van der Waals surface area contributed by atoms with E-state index in [-0.39, 0.29) is 0 Å². The summed E-state index contributed by atoms with van der Waals surface area (Å²) in [5.41, 5.74) is 4.92. The zero-order chi connectivity index (χ0) is 14.4. The van der Waals surface area contributed by atoms with Gasteiger partial charge in [-0.15, -0.1) is 0 Å². The molecule has 0 aliphatic carbocycles. The van der Waals surface area contributed by atoms with Crippen molar-refractivity contribution in [2.24, 2.45) is 0 Å². The molecule has 0 amide bonds. The molecule has 0 spiro atoms. The van der Waals surface area contributed by atoms with Gasteiger partial charge < -0.3 is 14.5 Å². The fourth-order valence-electron chi connectivity index (χ4n) is 2.85. The van der Waals surface area contributed by atoms with Crippen molar-refractivity contribution in [1.29, 1.82) is 0 Å². The van der Waals surface area contributed by atoms with Crippen LogP contribution in [0.1, 0.15) is 16.8 Å². The zero-order valence-electron chi connectivity index (χ0n) is 11.6. The number of aromatic nitrogens is 1. The first-order valence-electron chi connectivity index (χ1n) is 6.86. The number of hydrogen-bond donors (Lipinski definition) is 1. The molecule has 21 heavy (non-hydrogen) atoms. The highest BCUT2D eigenvalue weighted by atomic mass is 79.9. The first kappa shape index (κ1) is 12.8. The number of halogens is 1. The smallest absolute Gasteiger partial charge is 0.231 e. The standard InChI is InChI=1S/C17H14BrNO2/c1-10-13(12-4-2-3-5-15(12)19-10)6-11-7-16-17(8-14(11)18)21-9-20-16/h2-5,7-8,19H,6,9H2,1H3. The molecule has 1 aliphatic rings. The van der Waals surface area contributed by atoms with Crippen LogP contribution in [0.15, 0.2) is 40.9 Å². The lowest BCUT2D eigenvalue weighted by molar-refractivity contribution is 0.174. The van der Waals surface area contributed by atoms with Crippen LogP contribution >= 0.6 is 15.9 Å². The number of aromatic amines is 1. The summed E-state index contributed by atoms with van der Waals surface area (Å²) in [5.74, 6) is 1.63. The molecule has 0 radical (unpaired) electrons. The molecular weight excluding hydrogens is 330 g/mol. The minimum Gasteiger partial charge on any atom is -0.454 e. The number of nitrogens with one attached hydrogen (secondary N) is 1. The Balaban J connectivity index is 1.80. The van der Waals surface area contributed by atoms with Gasteiger partial charge in [-0.1, -0.05) is 34.1 Å². The monoisotopic (exact) mass is 343 g/mol. The average Bonchev–Trinajstić information content (AvgIpc) is 3.04. The first-order chi connectivity index (χ1) is 10.2. The van der Waals surface area contributed by atoms with Gasteiger partial charge in [0.05, 0.1) is 0 Å². The topological polar surface area (TPSA) is 34.2 Å². The Hall–Kier alpha value is -1.94. The fourth-order valence-corrected chi connectivity index (χ4v) is 3.31. The molecule has 3 aromatic rings. The van der Waals surface area contributed by atoms with Gasteiger partial charge >= 0.3 is 0 Å². The maximum atomic E-state index is 5.48. The second-order valence-electron chi connectivity index (χ2n) is 5.25. The van der Waals surface area contributed by atoms with E-state index in [4.69, 9.17) is 9.47 Å². The van der Waals surface area contributed by atoms with Crippen LogP contribution < -0.4 is 9.47 Å². The predicted molar refractivity (Wildman–Crippen MR) is 86.1 cm³/mol. The highest BCUT2D eigenvalue weighted by Gasteiger charge is 2.18. The molecule has 106 valence electrons. The first-order valence-corrected chi connectivity index (χ1v) is 7.66. The van der Waals surface area contributed by atoms with E-state index >= 15 is 0 Å². The van der Waals surface area contributed by atoms with E-state index in [1.807, 2.05) is 6.07 Å². The molecule has 1 aliphatic heterocycles. The van der Waals surface area contributed by atoms with Crippen LogP contribution in [0.4, 0.5) is 0 Å². The van der Waals surface area contributed by atoms with Crippen molar-refractivity contribution in [1.82, 2.24) is 4.98 Å². The molecule has 0 saturated heterocycles. The number of ether oxygens (including phenoxy) is 2. The van der Waals surface area contributed by atoms with Crippen molar-refractivity contribution in [2.45, 2.75) is 13.3 Å². The summed E-state index contributed by atoms with van der Waals surface area (Å²) in [6, 6.07) is 12.5. The van der Waals surface area contributed by atoms with E-state index in [0.29, 0.717) is 6.79 Å². The van der Waals surface area contributed by atoms with Crippen LogP contribution in [0, 0.1) is 6.92 Å². The Labute approximate surface area is 131 Å². The maximum absolute atomic E-state index is 5.48. The van der Waals surface area contributed by atoms with Gasteiger partial charge in [0.25, 0.3) is 0 Å². The van der Waals surface area contributed by atoms with Crippen molar-refractivity contribution in [3.63, 3.8) is 0 Å². The quantitative estimate of drug-likeness (QED) is 0.740. The SMILES string of the molecule is Cc1[nH]c2ccccc2c1Cc1cc2c(cc1Br)OCO2. The molecule has 1 aromatic heterocycles. The Bertz CT molecular complexity index is 838. The lowest BCUT2D eigenvalue weighted by Crippen LogP contribution is -1.93. The number of hydrogen-bond acceptors (Lipinski definition) is 2. The maximum Gasteiger partial charge on any atom is 0.231 e. The summed E-state index contributed by atoms with van der Waals surface area (Å²) in [6.07, 6.45) is 0.854. The third-order valence-electron chi connectivity index (χ3n) is 3.94. The van der Waals surface area contributed by atoms with Gasteiger partial charge in [0.2, 0.25) is 6.79 Å². The van der Waals surface area contributed by atoms with E-state index in [9.17, 15) is 0 Å². The minimum atomic E-state index is 0.303. The van der Waals surface area contributed by atoms with Gasteiger partial charge in [-0.2, -0.15) is 0 Å². The molecular formula is C17H14BrNO2. The Morgan fingerprint density at radius 2 is 1.90 bits per heavy atom. The lowest BCUT2D eigenvalue weighted by atomic mass is 10.0. The molecule has 1 N–H and O–H groups in total. The van der Waals surface area contributed by atoms with Crippen molar-refractivity contribution in [3.8, 4) is 11.5 Å². The molecule has 3 nitrogen and oxygen atoms in total. The minimum absolute atomic E-state index is 0.303. The van der Waals surface area contributed by atoms with E-state index in [2.05, 4.69) is 58.2 Å². The van der Waals surface area contributed by atoms with Gasteiger partial charge in [0.15, 0.2) is 11.5 Å². The molecule has 0 saturated carbocycles. The molecule has 4 heteroatoms. The zero-order valence-corrected chi connectivity index (χ0v) is 13.2. The van der Waals surface area contributed by atoms with Gasteiger partial charge in [-0.05, 0) is 36.2 Å². The van der Waals surface area contributed by atoms with Crippen LogP contribution in [0.25, 0.3) is 10.9 Å². The number of aryl methyl sites for hydroxylation is 1. The van der Waals surface area contributed by atoms with E-state index in [1.165, 1.54) is 27.7 Å². The third kappa shape index (κ3) is 2.10. The second kappa shape index (κ2) is 4.81. The van der Waals surface area contributed by atoms with E-state index in [1.54, 1.807) is 0 Å². The summed E-state index contributed by atoms with van der Waals surface area (Å²) in [5, 5.41) is 1.28. The fraction of sp³-hybridized carbons (Fsp3) is 0.176. The Kier molecular flexibility index (Phi) is 2.93. The molecule has 2 aromatic carbocycles. The Morgan fingerprint density at radius 1 is 1.14 bits per heavy atom. The third-order valence-corrected chi connectivity index (χ3v) is 4.67. The normalized spacial score (nSPS) is 13.0. The largest absolute Gasteiger partial charge is 0.454 e. The van der Waals surface area contributed by atoms with Crippen LogP contribution in [-0.2, 0) is 6.42 Å². The molecule has 0 fully saturated rings. The summed E-state index contributed by atoms with van der Waals surface area (Å²) in [4.78, 5) is 3.45. The number of fused-ring (bicyclic) bond motifs is 2. The Morgan fingerprint density at radius 3 is 2.76 bits per heavy atom. The number of H-pyrrole nitrogens is 1.